The number of hydrogen-bond acceptors (Lipinski definition) is 3. The molecule has 0 aliphatic rings. The van der Waals surface area contributed by atoms with Crippen LogP contribution >= 0.6 is 0 Å². The van der Waals surface area contributed by atoms with Crippen molar-refractivity contribution < 1.29 is 13.5 Å². The predicted molar refractivity (Wildman–Crippen MR) is 68.9 cm³/mol. The molecule has 0 aliphatic heterocycles. The Labute approximate surface area is 106 Å². The van der Waals surface area contributed by atoms with Gasteiger partial charge < -0.3 is 14.9 Å². The number of halogens is 1. The minimum Gasteiger partial charge on any atom is -0.459 e. The van der Waals surface area contributed by atoms with E-state index in [-0.39, 0.29) is 18.0 Å². The first-order valence-corrected chi connectivity index (χ1v) is 6.04. The molecule has 0 saturated carbocycles. The molecule has 3 nitrogen and oxygen atoms in total. The lowest BCUT2D eigenvalue weighted by Crippen LogP contribution is -2.19. The van der Waals surface area contributed by atoms with Gasteiger partial charge in [-0.1, -0.05) is 0 Å². The Morgan fingerprint density at radius 3 is 2.78 bits per heavy atom. The summed E-state index contributed by atoms with van der Waals surface area (Å²) in [6, 6.07) is 4.14. The predicted octanol–water partition coefficient (Wildman–Crippen LogP) is 3.31. The number of ether oxygens (including phenoxy) is 1. The van der Waals surface area contributed by atoms with Gasteiger partial charge in [0.15, 0.2) is 0 Å². The Bertz CT molecular complexity index is 548. The van der Waals surface area contributed by atoms with Gasteiger partial charge in [-0.05, 0) is 39.0 Å². The summed E-state index contributed by atoms with van der Waals surface area (Å²) < 4.78 is 24.3. The van der Waals surface area contributed by atoms with Crippen molar-refractivity contribution in [3.05, 3.63) is 35.3 Å². The Morgan fingerprint density at radius 1 is 1.39 bits per heavy atom. The first kappa shape index (κ1) is 13.1. The molecule has 18 heavy (non-hydrogen) atoms. The summed E-state index contributed by atoms with van der Waals surface area (Å²) in [6.45, 7) is 6.18. The number of hydrogen-bond donors (Lipinski definition) is 1. The van der Waals surface area contributed by atoms with Gasteiger partial charge in [0.1, 0.15) is 17.2 Å². The van der Waals surface area contributed by atoms with Gasteiger partial charge in [0.25, 0.3) is 0 Å². The number of rotatable bonds is 4. The normalized spacial score (nSPS) is 13.4. The van der Waals surface area contributed by atoms with Gasteiger partial charge >= 0.3 is 0 Å². The number of aryl methyl sites for hydroxylation is 1. The first-order chi connectivity index (χ1) is 8.49. The van der Waals surface area contributed by atoms with Gasteiger partial charge in [-0.3, -0.25) is 0 Å². The molecule has 0 saturated heterocycles. The van der Waals surface area contributed by atoms with Crippen LogP contribution in [0.4, 0.5) is 4.39 Å². The van der Waals surface area contributed by atoms with Crippen LogP contribution < -0.4 is 5.73 Å². The lowest BCUT2D eigenvalue weighted by molar-refractivity contribution is 0.0648. The SMILES string of the molecule is Cc1c(C(N)COC(C)C)oc2ccc(F)cc12. The minimum absolute atomic E-state index is 0.123. The Hall–Kier alpha value is -1.39. The third-order valence-electron chi connectivity index (χ3n) is 2.88. The second-order valence-electron chi connectivity index (χ2n) is 4.72. The van der Waals surface area contributed by atoms with Crippen LogP contribution in [0, 0.1) is 12.7 Å². The molecule has 2 rings (SSSR count). The number of furan rings is 1. The Balaban J connectivity index is 2.30. The van der Waals surface area contributed by atoms with Gasteiger partial charge in [0, 0.05) is 10.9 Å². The molecule has 98 valence electrons. The van der Waals surface area contributed by atoms with Gasteiger partial charge in [-0.25, -0.2) is 4.39 Å². The quantitative estimate of drug-likeness (QED) is 0.906. The summed E-state index contributed by atoms with van der Waals surface area (Å²) in [5.74, 6) is 0.390. The molecule has 0 radical (unpaired) electrons. The van der Waals surface area contributed by atoms with Crippen LogP contribution in [-0.2, 0) is 4.74 Å². The largest absolute Gasteiger partial charge is 0.459 e. The fourth-order valence-corrected chi connectivity index (χ4v) is 1.94. The lowest BCUT2D eigenvalue weighted by Gasteiger charge is -2.12. The zero-order valence-corrected chi connectivity index (χ0v) is 10.9. The highest BCUT2D eigenvalue weighted by Gasteiger charge is 2.18. The van der Waals surface area contributed by atoms with Crippen molar-refractivity contribution in [3.63, 3.8) is 0 Å². The molecule has 1 aromatic heterocycles. The van der Waals surface area contributed by atoms with E-state index in [0.29, 0.717) is 18.0 Å². The van der Waals surface area contributed by atoms with Crippen LogP contribution in [0.5, 0.6) is 0 Å². The van der Waals surface area contributed by atoms with E-state index in [1.807, 2.05) is 20.8 Å². The average Bonchev–Trinajstić information content (AvgIpc) is 2.64. The summed E-state index contributed by atoms with van der Waals surface area (Å²) in [5.41, 5.74) is 7.57. The molecular formula is C14H18FNO2. The van der Waals surface area contributed by atoms with E-state index in [1.54, 1.807) is 6.07 Å². The fraction of sp³-hybridized carbons (Fsp3) is 0.429. The summed E-state index contributed by atoms with van der Waals surface area (Å²) in [5, 5.41) is 0.769. The third-order valence-corrected chi connectivity index (χ3v) is 2.88. The summed E-state index contributed by atoms with van der Waals surface area (Å²) >= 11 is 0. The van der Waals surface area contributed by atoms with Gasteiger partial charge in [-0.2, -0.15) is 0 Å². The Morgan fingerprint density at radius 2 is 2.11 bits per heavy atom. The van der Waals surface area contributed by atoms with E-state index in [9.17, 15) is 4.39 Å². The second-order valence-corrected chi connectivity index (χ2v) is 4.72. The van der Waals surface area contributed by atoms with Crippen molar-refractivity contribution in [2.45, 2.75) is 32.9 Å². The molecule has 0 fully saturated rings. The summed E-state index contributed by atoms with van der Waals surface area (Å²) in [6.07, 6.45) is 0.123. The van der Waals surface area contributed by atoms with E-state index >= 15 is 0 Å². The fourth-order valence-electron chi connectivity index (χ4n) is 1.94. The van der Waals surface area contributed by atoms with E-state index in [2.05, 4.69) is 0 Å². The minimum atomic E-state index is -0.331. The molecule has 1 heterocycles. The zero-order chi connectivity index (χ0) is 13.3. The monoisotopic (exact) mass is 251 g/mol. The number of nitrogens with two attached hydrogens (primary N) is 1. The summed E-state index contributed by atoms with van der Waals surface area (Å²) in [7, 11) is 0. The lowest BCUT2D eigenvalue weighted by atomic mass is 10.1. The number of benzene rings is 1. The standard InChI is InChI=1S/C14H18FNO2/c1-8(2)17-7-12(16)14-9(3)11-6-10(15)4-5-13(11)18-14/h4-6,8,12H,7,16H2,1-3H3. The second kappa shape index (κ2) is 5.08. The molecule has 0 aliphatic carbocycles. The zero-order valence-electron chi connectivity index (χ0n) is 10.9. The van der Waals surface area contributed by atoms with Crippen molar-refractivity contribution >= 4 is 11.0 Å². The molecule has 0 spiro atoms. The van der Waals surface area contributed by atoms with Crippen LogP contribution in [0.1, 0.15) is 31.2 Å². The topological polar surface area (TPSA) is 48.4 Å². The maximum Gasteiger partial charge on any atom is 0.134 e. The molecule has 2 aromatic rings. The number of fused-ring (bicyclic) bond motifs is 1. The highest BCUT2D eigenvalue weighted by Crippen LogP contribution is 2.29. The van der Waals surface area contributed by atoms with Crippen LogP contribution in [-0.4, -0.2) is 12.7 Å². The molecular weight excluding hydrogens is 233 g/mol. The van der Waals surface area contributed by atoms with Gasteiger partial charge in [0.05, 0.1) is 18.8 Å². The van der Waals surface area contributed by atoms with Crippen molar-refractivity contribution in [1.29, 1.82) is 0 Å². The van der Waals surface area contributed by atoms with Crippen molar-refractivity contribution in [1.82, 2.24) is 0 Å². The molecule has 4 heteroatoms. The molecule has 1 aromatic carbocycles. The van der Waals surface area contributed by atoms with E-state index < -0.39 is 0 Å². The van der Waals surface area contributed by atoms with Crippen molar-refractivity contribution in [2.24, 2.45) is 5.73 Å². The van der Waals surface area contributed by atoms with Crippen LogP contribution in [0.2, 0.25) is 0 Å². The summed E-state index contributed by atoms with van der Waals surface area (Å²) in [4.78, 5) is 0. The van der Waals surface area contributed by atoms with Gasteiger partial charge in [-0.15, -0.1) is 0 Å². The van der Waals surface area contributed by atoms with E-state index in [4.69, 9.17) is 14.9 Å². The van der Waals surface area contributed by atoms with Crippen LogP contribution in [0.25, 0.3) is 11.0 Å². The Kier molecular flexibility index (Phi) is 3.68. The molecule has 1 atom stereocenters. The van der Waals surface area contributed by atoms with Crippen molar-refractivity contribution in [2.75, 3.05) is 6.61 Å². The maximum atomic E-state index is 13.2. The van der Waals surface area contributed by atoms with Gasteiger partial charge in [0.2, 0.25) is 0 Å². The average molecular weight is 251 g/mol. The highest BCUT2D eigenvalue weighted by atomic mass is 19.1. The molecule has 0 amide bonds. The maximum absolute atomic E-state index is 13.2. The van der Waals surface area contributed by atoms with Crippen LogP contribution in [0.15, 0.2) is 22.6 Å². The molecule has 0 bridgehead atoms. The van der Waals surface area contributed by atoms with Crippen LogP contribution in [0.3, 0.4) is 0 Å². The van der Waals surface area contributed by atoms with E-state index in [0.717, 1.165) is 10.9 Å². The highest BCUT2D eigenvalue weighted by molar-refractivity contribution is 5.82. The van der Waals surface area contributed by atoms with E-state index in [1.165, 1.54) is 12.1 Å². The smallest absolute Gasteiger partial charge is 0.134 e. The molecule has 1 unspecified atom stereocenters. The first-order valence-electron chi connectivity index (χ1n) is 6.04. The van der Waals surface area contributed by atoms with Crippen molar-refractivity contribution in [3.8, 4) is 0 Å². The molecule has 2 N–H and O–H groups in total. The third kappa shape index (κ3) is 2.54.